The summed E-state index contributed by atoms with van der Waals surface area (Å²) in [5.41, 5.74) is 7.14. The molecule has 2 aromatic rings. The Kier molecular flexibility index (Phi) is 13.1. The van der Waals surface area contributed by atoms with Crippen molar-refractivity contribution >= 4 is 12.1 Å². The van der Waals surface area contributed by atoms with E-state index in [2.05, 4.69) is 68.3 Å². The quantitative estimate of drug-likeness (QED) is 0.270. The lowest BCUT2D eigenvalue weighted by atomic mass is 10.0. The van der Waals surface area contributed by atoms with Gasteiger partial charge in [0.05, 0.1) is 0 Å². The molecule has 0 amide bonds. The molecule has 166 valence electrons. The Bertz CT molecular complexity index is 868. The van der Waals surface area contributed by atoms with Crippen molar-refractivity contribution < 1.29 is 3.89 Å². The maximum absolute atomic E-state index is 12.3. The predicted octanol–water partition coefficient (Wildman–Crippen LogP) is 8.60. The minimum Gasteiger partial charge on any atom is -0.342 e. The number of allylic oxidation sites excluding steroid dienone is 5. The molecule has 1 nitrogen and oxygen atoms in total. The Labute approximate surface area is 193 Å². The van der Waals surface area contributed by atoms with E-state index in [9.17, 15) is 3.89 Å². The molecule has 0 aliphatic rings. The molecule has 3 heteroatoms. The molecule has 0 saturated heterocycles. The van der Waals surface area contributed by atoms with Crippen LogP contribution in [0.1, 0.15) is 43.9 Å². The largest absolute Gasteiger partial charge is 0.342 e. The molecular weight excluding hydrogens is 401 g/mol. The van der Waals surface area contributed by atoms with Gasteiger partial charge in [-0.1, -0.05) is 91.5 Å². The zero-order chi connectivity index (χ0) is 23.1. The van der Waals surface area contributed by atoms with E-state index in [0.29, 0.717) is 17.9 Å². The second-order valence-corrected chi connectivity index (χ2v) is 8.05. The van der Waals surface area contributed by atoms with E-state index >= 15 is 0 Å². The average molecular weight is 438 g/mol. The molecular formula is C28H36FNS. The van der Waals surface area contributed by atoms with Crippen molar-refractivity contribution in [2.45, 2.75) is 47.1 Å². The monoisotopic (exact) mass is 437 g/mol. The van der Waals surface area contributed by atoms with Crippen LogP contribution in [0.4, 0.5) is 3.89 Å². The van der Waals surface area contributed by atoms with Gasteiger partial charge in [0.15, 0.2) is 0 Å². The molecule has 0 saturated carbocycles. The van der Waals surface area contributed by atoms with Gasteiger partial charge in [-0.2, -0.15) is 3.89 Å². The number of hydrogen-bond acceptors (Lipinski definition) is 2. The van der Waals surface area contributed by atoms with Gasteiger partial charge < -0.3 is 4.90 Å². The fourth-order valence-electron chi connectivity index (χ4n) is 3.26. The van der Waals surface area contributed by atoms with Crippen molar-refractivity contribution in [3.05, 3.63) is 120 Å². The molecule has 0 heterocycles. The summed E-state index contributed by atoms with van der Waals surface area (Å²) in [5, 5.41) is 0. The fourth-order valence-corrected chi connectivity index (χ4v) is 3.52. The van der Waals surface area contributed by atoms with E-state index in [1.165, 1.54) is 16.7 Å². The van der Waals surface area contributed by atoms with Gasteiger partial charge in [-0.25, -0.2) is 0 Å². The molecule has 0 aliphatic carbocycles. The highest BCUT2D eigenvalue weighted by Crippen LogP contribution is 2.24. The third kappa shape index (κ3) is 9.89. The second-order valence-electron chi connectivity index (χ2n) is 7.42. The lowest BCUT2D eigenvalue weighted by Crippen LogP contribution is -2.21. The lowest BCUT2D eigenvalue weighted by Gasteiger charge is -2.29. The van der Waals surface area contributed by atoms with Gasteiger partial charge in [-0.05, 0) is 57.2 Å². The zero-order valence-electron chi connectivity index (χ0n) is 19.4. The Balaban J connectivity index is 0.000000577. The van der Waals surface area contributed by atoms with Crippen molar-refractivity contribution in [2.24, 2.45) is 0 Å². The first-order valence-electron chi connectivity index (χ1n) is 10.7. The Hall–Kier alpha value is -2.52. The number of nitrogens with zero attached hydrogens (tertiary/aromatic N) is 1. The predicted molar refractivity (Wildman–Crippen MR) is 138 cm³/mol. The van der Waals surface area contributed by atoms with Crippen LogP contribution >= 0.6 is 12.1 Å². The number of rotatable bonds is 10. The first kappa shape index (κ1) is 26.5. The maximum atomic E-state index is 12.3. The fraction of sp³-hybridized carbons (Fsp3) is 0.286. The van der Waals surface area contributed by atoms with Gasteiger partial charge in [0.2, 0.25) is 0 Å². The molecule has 0 N–H and O–H groups in total. The summed E-state index contributed by atoms with van der Waals surface area (Å²) in [4.78, 5) is 2.22. The molecule has 0 aromatic heterocycles. The molecule has 0 unspecified atom stereocenters. The van der Waals surface area contributed by atoms with Crippen molar-refractivity contribution in [3.8, 4) is 0 Å². The van der Waals surface area contributed by atoms with Gasteiger partial charge in [0, 0.05) is 35.8 Å². The highest BCUT2D eigenvalue weighted by molar-refractivity contribution is 7.94. The van der Waals surface area contributed by atoms with Crippen LogP contribution in [0.2, 0.25) is 0 Å². The third-order valence-electron chi connectivity index (χ3n) is 4.85. The Morgan fingerprint density at radius 2 is 1.65 bits per heavy atom. The molecule has 2 aromatic carbocycles. The highest BCUT2D eigenvalue weighted by Gasteiger charge is 2.14. The Morgan fingerprint density at radius 3 is 2.13 bits per heavy atom. The highest BCUT2D eigenvalue weighted by atomic mass is 32.2. The zero-order valence-corrected chi connectivity index (χ0v) is 20.2. The van der Waals surface area contributed by atoms with Crippen LogP contribution in [0.15, 0.2) is 103 Å². The minimum absolute atomic E-state index is 0.413. The normalized spacial score (nSPS) is 11.4. The molecule has 0 fully saturated rings. The second kappa shape index (κ2) is 15.3. The number of benzene rings is 2. The number of halogens is 1. The number of hydrogen-bond donors (Lipinski definition) is 0. The summed E-state index contributed by atoms with van der Waals surface area (Å²) in [6.07, 6.45) is 7.65. The number of aryl methyl sites for hydroxylation is 2. The van der Waals surface area contributed by atoms with E-state index in [0.717, 1.165) is 36.4 Å². The van der Waals surface area contributed by atoms with Crippen LogP contribution in [-0.2, 0) is 13.0 Å². The van der Waals surface area contributed by atoms with Crippen molar-refractivity contribution in [3.63, 3.8) is 0 Å². The van der Waals surface area contributed by atoms with Crippen LogP contribution in [0.25, 0.3) is 0 Å². The molecule has 0 atom stereocenters. The first-order chi connectivity index (χ1) is 14.9. The summed E-state index contributed by atoms with van der Waals surface area (Å²) in [7, 11) is 0. The summed E-state index contributed by atoms with van der Waals surface area (Å²) in [6.45, 7) is 16.9. The SMILES string of the molecule is C=C/C=C(C)\C(=C/C)N(Cc1ccccc1CCCSF)C(=C)C.Cc1ccccc1. The van der Waals surface area contributed by atoms with Gasteiger partial charge in [0.25, 0.3) is 0 Å². The summed E-state index contributed by atoms with van der Waals surface area (Å²) in [6, 6.07) is 18.6. The summed E-state index contributed by atoms with van der Waals surface area (Å²) >= 11 is 0.413. The van der Waals surface area contributed by atoms with Gasteiger partial charge in [0.1, 0.15) is 0 Å². The van der Waals surface area contributed by atoms with E-state index in [4.69, 9.17) is 0 Å². The third-order valence-corrected chi connectivity index (χ3v) is 5.29. The summed E-state index contributed by atoms with van der Waals surface area (Å²) in [5.74, 6) is 0.541. The standard InChI is InChI=1S/C21H28FNS.C7H8/c1-6-11-18(5)21(7-2)23(17(3)4)16-20-13-9-8-12-19(20)14-10-15-24-22;1-7-5-3-2-4-6-7/h6-9,11-13H,1,3,10,14-16H2,2,4-5H3;2-6H,1H3/b18-11-,21-7+;. The topological polar surface area (TPSA) is 3.24 Å². The van der Waals surface area contributed by atoms with Crippen LogP contribution in [0.3, 0.4) is 0 Å². The average Bonchev–Trinajstić information content (AvgIpc) is 2.76. The maximum Gasteiger partial charge on any atom is 0.0480 e. The van der Waals surface area contributed by atoms with Crippen LogP contribution in [-0.4, -0.2) is 10.7 Å². The summed E-state index contributed by atoms with van der Waals surface area (Å²) < 4.78 is 12.3. The van der Waals surface area contributed by atoms with Crippen LogP contribution in [0, 0.1) is 6.92 Å². The molecule has 0 aliphatic heterocycles. The van der Waals surface area contributed by atoms with Gasteiger partial charge in [-0.15, -0.1) is 0 Å². The van der Waals surface area contributed by atoms with Crippen molar-refractivity contribution in [1.82, 2.24) is 4.90 Å². The van der Waals surface area contributed by atoms with Gasteiger partial charge >= 0.3 is 0 Å². The van der Waals surface area contributed by atoms with Crippen molar-refractivity contribution in [2.75, 3.05) is 5.75 Å². The van der Waals surface area contributed by atoms with Crippen LogP contribution < -0.4 is 0 Å². The first-order valence-corrected chi connectivity index (χ1v) is 11.5. The van der Waals surface area contributed by atoms with Gasteiger partial charge in [-0.3, -0.25) is 0 Å². The van der Waals surface area contributed by atoms with Crippen LogP contribution in [0.5, 0.6) is 0 Å². The smallest absolute Gasteiger partial charge is 0.0480 e. The van der Waals surface area contributed by atoms with E-state index in [-0.39, 0.29) is 0 Å². The molecule has 2 rings (SSSR count). The molecule has 0 radical (unpaired) electrons. The minimum atomic E-state index is 0.413. The van der Waals surface area contributed by atoms with Crippen molar-refractivity contribution in [1.29, 1.82) is 0 Å². The van der Waals surface area contributed by atoms with E-state index in [1.807, 2.05) is 44.2 Å². The molecule has 0 bridgehead atoms. The van der Waals surface area contributed by atoms with E-state index in [1.54, 1.807) is 6.08 Å². The Morgan fingerprint density at radius 1 is 1.03 bits per heavy atom. The molecule has 31 heavy (non-hydrogen) atoms. The lowest BCUT2D eigenvalue weighted by molar-refractivity contribution is 0.427. The van der Waals surface area contributed by atoms with E-state index < -0.39 is 0 Å². The molecule has 0 spiro atoms.